The van der Waals surface area contributed by atoms with Crippen molar-refractivity contribution in [2.75, 3.05) is 25.5 Å². The molecule has 2 aromatic carbocycles. The fourth-order valence-electron chi connectivity index (χ4n) is 3.09. The summed E-state index contributed by atoms with van der Waals surface area (Å²) in [6.07, 6.45) is 2.80. The molecular weight excluding hydrogens is 344 g/mol. The summed E-state index contributed by atoms with van der Waals surface area (Å²) in [6.45, 7) is 1.27. The first-order chi connectivity index (χ1) is 13.0. The Morgan fingerprint density at radius 2 is 1.96 bits per heavy atom. The molecule has 0 aliphatic rings. The number of fused-ring (bicyclic) bond motifs is 1. The number of aryl methyl sites for hydroxylation is 1. The molecule has 0 atom stereocenters. The van der Waals surface area contributed by atoms with E-state index in [0.29, 0.717) is 17.8 Å². The number of nitro benzene ring substituents is 1. The quantitative estimate of drug-likeness (QED) is 0.395. The van der Waals surface area contributed by atoms with E-state index in [0.717, 1.165) is 18.5 Å². The minimum Gasteiger partial charge on any atom is -0.377 e. The standard InChI is InChI=1S/C20H22N4O3/c1-22(2)19-9-8-16(24(26)27)14-17(19)20(25)21-11-5-12-23-13-10-15-6-3-4-7-18(15)23/h3-4,6-10,13-14H,5,11-12H2,1-2H3,(H,21,25). The molecule has 0 spiro atoms. The van der Waals surface area contributed by atoms with Crippen molar-refractivity contribution in [2.24, 2.45) is 0 Å². The number of anilines is 1. The molecule has 1 aromatic heterocycles. The highest BCUT2D eigenvalue weighted by atomic mass is 16.6. The Hall–Kier alpha value is -3.35. The number of aromatic nitrogens is 1. The summed E-state index contributed by atoms with van der Waals surface area (Å²) in [4.78, 5) is 24.8. The van der Waals surface area contributed by atoms with Crippen molar-refractivity contribution >= 4 is 28.2 Å². The van der Waals surface area contributed by atoms with E-state index in [2.05, 4.69) is 28.1 Å². The fraction of sp³-hybridized carbons (Fsp3) is 0.250. The van der Waals surface area contributed by atoms with Gasteiger partial charge >= 0.3 is 0 Å². The molecule has 1 N–H and O–H groups in total. The highest BCUT2D eigenvalue weighted by molar-refractivity contribution is 6.00. The van der Waals surface area contributed by atoms with Crippen LogP contribution in [0.15, 0.2) is 54.7 Å². The third-order valence-electron chi connectivity index (χ3n) is 4.46. The van der Waals surface area contributed by atoms with Gasteiger partial charge in [-0.2, -0.15) is 0 Å². The maximum Gasteiger partial charge on any atom is 0.270 e. The van der Waals surface area contributed by atoms with Gasteiger partial charge in [0.05, 0.1) is 10.5 Å². The average molecular weight is 366 g/mol. The molecule has 0 aliphatic carbocycles. The van der Waals surface area contributed by atoms with Gasteiger partial charge in [0.2, 0.25) is 0 Å². The Balaban J connectivity index is 1.63. The molecule has 7 heteroatoms. The second-order valence-electron chi connectivity index (χ2n) is 6.53. The van der Waals surface area contributed by atoms with E-state index in [-0.39, 0.29) is 11.6 Å². The number of hydrogen-bond donors (Lipinski definition) is 1. The van der Waals surface area contributed by atoms with Crippen LogP contribution in [0.4, 0.5) is 11.4 Å². The van der Waals surface area contributed by atoms with Crippen LogP contribution in [0, 0.1) is 10.1 Å². The van der Waals surface area contributed by atoms with Gasteiger partial charge in [0.25, 0.3) is 11.6 Å². The summed E-state index contributed by atoms with van der Waals surface area (Å²) in [5.74, 6) is -0.306. The van der Waals surface area contributed by atoms with Gasteiger partial charge in [-0.15, -0.1) is 0 Å². The van der Waals surface area contributed by atoms with Crippen LogP contribution in [0.5, 0.6) is 0 Å². The Labute approximate surface area is 157 Å². The van der Waals surface area contributed by atoms with E-state index >= 15 is 0 Å². The molecule has 27 heavy (non-hydrogen) atoms. The number of hydrogen-bond acceptors (Lipinski definition) is 4. The SMILES string of the molecule is CN(C)c1ccc([N+](=O)[O-])cc1C(=O)NCCCn1ccc2ccccc21. The first-order valence-corrected chi connectivity index (χ1v) is 8.75. The largest absolute Gasteiger partial charge is 0.377 e. The monoisotopic (exact) mass is 366 g/mol. The number of rotatable bonds is 7. The van der Waals surface area contributed by atoms with Gasteiger partial charge in [0, 0.05) is 56.7 Å². The summed E-state index contributed by atoms with van der Waals surface area (Å²) in [7, 11) is 3.60. The van der Waals surface area contributed by atoms with Crippen molar-refractivity contribution < 1.29 is 9.72 Å². The Morgan fingerprint density at radius 1 is 1.19 bits per heavy atom. The number of non-ortho nitro benzene ring substituents is 1. The molecule has 1 amide bonds. The number of carbonyl (C=O) groups excluding carboxylic acids is 1. The molecule has 0 unspecified atom stereocenters. The van der Waals surface area contributed by atoms with Crippen molar-refractivity contribution in [3.8, 4) is 0 Å². The van der Waals surface area contributed by atoms with Gasteiger partial charge in [0.1, 0.15) is 0 Å². The van der Waals surface area contributed by atoms with Crippen molar-refractivity contribution in [2.45, 2.75) is 13.0 Å². The molecule has 3 rings (SSSR count). The van der Waals surface area contributed by atoms with Gasteiger partial charge in [-0.05, 0) is 30.0 Å². The summed E-state index contributed by atoms with van der Waals surface area (Å²) >= 11 is 0. The first kappa shape index (κ1) is 18.4. The van der Waals surface area contributed by atoms with Crippen LogP contribution in [-0.4, -0.2) is 36.0 Å². The minimum atomic E-state index is -0.493. The van der Waals surface area contributed by atoms with E-state index in [4.69, 9.17) is 0 Å². The maximum atomic E-state index is 12.6. The Bertz CT molecular complexity index is 978. The van der Waals surface area contributed by atoms with Crippen LogP contribution in [0.2, 0.25) is 0 Å². The highest BCUT2D eigenvalue weighted by Crippen LogP contribution is 2.24. The number of nitrogens with one attached hydrogen (secondary N) is 1. The molecule has 0 fully saturated rings. The van der Waals surface area contributed by atoms with E-state index in [1.807, 2.05) is 18.3 Å². The van der Waals surface area contributed by atoms with Gasteiger partial charge in [-0.25, -0.2) is 0 Å². The molecule has 3 aromatic rings. The second kappa shape index (κ2) is 7.90. The summed E-state index contributed by atoms with van der Waals surface area (Å²) < 4.78 is 2.15. The highest BCUT2D eigenvalue weighted by Gasteiger charge is 2.17. The molecule has 0 radical (unpaired) electrons. The van der Waals surface area contributed by atoms with Crippen LogP contribution in [0.1, 0.15) is 16.8 Å². The van der Waals surface area contributed by atoms with Crippen molar-refractivity contribution in [3.05, 3.63) is 70.4 Å². The van der Waals surface area contributed by atoms with Crippen LogP contribution in [0.25, 0.3) is 10.9 Å². The van der Waals surface area contributed by atoms with Crippen molar-refractivity contribution in [1.82, 2.24) is 9.88 Å². The maximum absolute atomic E-state index is 12.6. The molecule has 1 heterocycles. The topological polar surface area (TPSA) is 80.4 Å². The fourth-order valence-corrected chi connectivity index (χ4v) is 3.09. The summed E-state index contributed by atoms with van der Waals surface area (Å²) in [5, 5.41) is 15.1. The molecule has 140 valence electrons. The predicted molar refractivity (Wildman–Crippen MR) is 106 cm³/mol. The van der Waals surface area contributed by atoms with E-state index in [1.165, 1.54) is 17.5 Å². The van der Waals surface area contributed by atoms with Gasteiger partial charge in [-0.3, -0.25) is 14.9 Å². The van der Waals surface area contributed by atoms with Crippen LogP contribution >= 0.6 is 0 Å². The van der Waals surface area contributed by atoms with Crippen LogP contribution in [-0.2, 0) is 6.54 Å². The van der Waals surface area contributed by atoms with Crippen molar-refractivity contribution in [1.29, 1.82) is 0 Å². The number of benzene rings is 2. The van der Waals surface area contributed by atoms with Gasteiger partial charge < -0.3 is 14.8 Å². The molecule has 0 aliphatic heterocycles. The molecule has 0 saturated heterocycles. The van der Waals surface area contributed by atoms with Gasteiger partial charge in [-0.1, -0.05) is 18.2 Å². The predicted octanol–water partition coefficient (Wildman–Crippen LogP) is 3.44. The Kier molecular flexibility index (Phi) is 5.40. The molecule has 0 saturated carbocycles. The molecule has 0 bridgehead atoms. The first-order valence-electron chi connectivity index (χ1n) is 8.75. The third-order valence-corrected chi connectivity index (χ3v) is 4.46. The Morgan fingerprint density at radius 3 is 2.70 bits per heavy atom. The normalized spacial score (nSPS) is 10.7. The number of carbonyl (C=O) groups is 1. The zero-order valence-corrected chi connectivity index (χ0v) is 15.4. The zero-order valence-electron chi connectivity index (χ0n) is 15.4. The lowest BCUT2D eigenvalue weighted by molar-refractivity contribution is -0.384. The van der Waals surface area contributed by atoms with Gasteiger partial charge in [0.15, 0.2) is 0 Å². The third kappa shape index (κ3) is 4.08. The number of amides is 1. The zero-order chi connectivity index (χ0) is 19.4. The van der Waals surface area contributed by atoms with E-state index in [1.54, 1.807) is 25.1 Å². The lowest BCUT2D eigenvalue weighted by atomic mass is 10.1. The van der Waals surface area contributed by atoms with Crippen LogP contribution < -0.4 is 10.2 Å². The smallest absolute Gasteiger partial charge is 0.270 e. The summed E-state index contributed by atoms with van der Waals surface area (Å²) in [6, 6.07) is 14.5. The van der Waals surface area contributed by atoms with Crippen LogP contribution in [0.3, 0.4) is 0 Å². The minimum absolute atomic E-state index is 0.0930. The van der Waals surface area contributed by atoms with E-state index in [9.17, 15) is 14.9 Å². The lowest BCUT2D eigenvalue weighted by Gasteiger charge is -2.17. The number of nitro groups is 1. The number of nitrogens with zero attached hydrogens (tertiary/aromatic N) is 3. The lowest BCUT2D eigenvalue weighted by Crippen LogP contribution is -2.27. The van der Waals surface area contributed by atoms with E-state index < -0.39 is 4.92 Å². The molecule has 7 nitrogen and oxygen atoms in total. The number of para-hydroxylation sites is 1. The van der Waals surface area contributed by atoms with Crippen molar-refractivity contribution in [3.63, 3.8) is 0 Å². The summed E-state index contributed by atoms with van der Waals surface area (Å²) in [5.41, 5.74) is 2.03. The molecular formula is C20H22N4O3. The second-order valence-corrected chi connectivity index (χ2v) is 6.53. The average Bonchev–Trinajstić information content (AvgIpc) is 3.07.